The summed E-state index contributed by atoms with van der Waals surface area (Å²) in [6, 6.07) is 16.0. The van der Waals surface area contributed by atoms with E-state index < -0.39 is 11.5 Å². The molecule has 1 heterocycles. The molecule has 0 saturated heterocycles. The van der Waals surface area contributed by atoms with Crippen LogP contribution >= 0.6 is 11.6 Å². The third kappa shape index (κ3) is 3.30. The van der Waals surface area contributed by atoms with Gasteiger partial charge >= 0.3 is 5.97 Å². The van der Waals surface area contributed by atoms with Crippen molar-refractivity contribution in [3.8, 4) is 0 Å². The van der Waals surface area contributed by atoms with Crippen molar-refractivity contribution in [1.82, 2.24) is 0 Å². The fourth-order valence-electron chi connectivity index (χ4n) is 2.91. The minimum absolute atomic E-state index is 0.235. The van der Waals surface area contributed by atoms with E-state index >= 15 is 0 Å². The molecule has 3 rings (SSSR count). The first-order chi connectivity index (χ1) is 12.5. The summed E-state index contributed by atoms with van der Waals surface area (Å²) in [6.07, 6.45) is 1.61. The second-order valence-electron chi connectivity index (χ2n) is 6.03. The number of nitrogens with one attached hydrogen (secondary N) is 1. The normalized spacial score (nSPS) is 19.3. The maximum atomic E-state index is 13.1. The number of esters is 1. The predicted octanol–water partition coefficient (Wildman–Crippen LogP) is 4.00. The molecule has 0 bridgehead atoms. The van der Waals surface area contributed by atoms with Crippen LogP contribution in [0.15, 0.2) is 66.4 Å². The summed E-state index contributed by atoms with van der Waals surface area (Å²) in [6.45, 7) is 3.65. The molecule has 6 heteroatoms. The molecule has 0 saturated carbocycles. The highest BCUT2D eigenvalue weighted by Gasteiger charge is 2.49. The van der Waals surface area contributed by atoms with Crippen molar-refractivity contribution in [2.45, 2.75) is 19.4 Å². The van der Waals surface area contributed by atoms with Crippen molar-refractivity contribution in [2.24, 2.45) is 0 Å². The zero-order valence-corrected chi connectivity index (χ0v) is 15.3. The Morgan fingerprint density at radius 3 is 2.42 bits per heavy atom. The molecule has 0 aromatic heterocycles. The topological polar surface area (TPSA) is 58.6 Å². The van der Waals surface area contributed by atoms with Crippen molar-refractivity contribution in [3.05, 3.63) is 71.4 Å². The molecule has 0 aliphatic carbocycles. The molecule has 1 N–H and O–H groups in total. The molecule has 1 amide bonds. The molecular formula is C20H19ClN2O3. The molecule has 1 aliphatic heterocycles. The fraction of sp³-hybridized carbons (Fsp3) is 0.200. The molecule has 0 spiro atoms. The van der Waals surface area contributed by atoms with Crippen LogP contribution in [-0.2, 0) is 14.3 Å². The van der Waals surface area contributed by atoms with E-state index in [0.717, 1.165) is 0 Å². The summed E-state index contributed by atoms with van der Waals surface area (Å²) >= 11 is 5.90. The van der Waals surface area contributed by atoms with E-state index in [1.54, 1.807) is 56.3 Å². The van der Waals surface area contributed by atoms with Gasteiger partial charge in [0.1, 0.15) is 5.70 Å². The lowest BCUT2D eigenvalue weighted by Gasteiger charge is -2.32. The minimum atomic E-state index is -1.23. The number of para-hydroxylation sites is 1. The van der Waals surface area contributed by atoms with Crippen molar-refractivity contribution in [2.75, 3.05) is 16.8 Å². The summed E-state index contributed by atoms with van der Waals surface area (Å²) in [7, 11) is 0. The van der Waals surface area contributed by atoms with Gasteiger partial charge in [-0.25, -0.2) is 4.79 Å². The van der Waals surface area contributed by atoms with Crippen LogP contribution in [0.5, 0.6) is 0 Å². The quantitative estimate of drug-likeness (QED) is 0.808. The number of amides is 1. The van der Waals surface area contributed by atoms with Gasteiger partial charge in [-0.05, 0) is 56.3 Å². The third-order valence-electron chi connectivity index (χ3n) is 4.15. The molecule has 26 heavy (non-hydrogen) atoms. The number of carbonyl (C=O) groups excluding carboxylic acids is 2. The summed E-state index contributed by atoms with van der Waals surface area (Å²) in [5.74, 6) is -0.785. The lowest BCUT2D eigenvalue weighted by Crippen LogP contribution is -2.51. The van der Waals surface area contributed by atoms with Gasteiger partial charge in [-0.1, -0.05) is 29.8 Å². The van der Waals surface area contributed by atoms with Crippen LogP contribution in [-0.4, -0.2) is 24.0 Å². The van der Waals surface area contributed by atoms with Gasteiger partial charge in [0, 0.05) is 16.4 Å². The van der Waals surface area contributed by atoms with Crippen LogP contribution in [0.3, 0.4) is 0 Å². The number of halogens is 1. The van der Waals surface area contributed by atoms with Crippen molar-refractivity contribution in [3.63, 3.8) is 0 Å². The molecule has 134 valence electrons. The molecule has 0 unspecified atom stereocenters. The number of ether oxygens (including phenoxy) is 1. The Labute approximate surface area is 157 Å². The molecule has 1 atom stereocenters. The molecule has 5 nitrogen and oxygen atoms in total. The maximum absolute atomic E-state index is 13.1. The number of benzene rings is 2. The van der Waals surface area contributed by atoms with E-state index in [4.69, 9.17) is 16.3 Å². The standard InChI is InChI=1S/C20H19ClN2O3/c1-3-26-19(25)20(2)13-17(22-15-11-9-14(21)10-12-15)18(24)23(20)16-7-5-4-6-8-16/h4-13,22H,3H2,1-2H3/t20-/m1/s1. The maximum Gasteiger partial charge on any atom is 0.336 e. The first-order valence-electron chi connectivity index (χ1n) is 8.28. The Morgan fingerprint density at radius 2 is 1.81 bits per heavy atom. The van der Waals surface area contributed by atoms with Crippen LogP contribution in [0.4, 0.5) is 11.4 Å². The van der Waals surface area contributed by atoms with Gasteiger partial charge in [0.2, 0.25) is 0 Å². The van der Waals surface area contributed by atoms with Crippen molar-refractivity contribution < 1.29 is 14.3 Å². The van der Waals surface area contributed by atoms with Crippen LogP contribution in [0.2, 0.25) is 5.02 Å². The zero-order valence-electron chi connectivity index (χ0n) is 14.5. The van der Waals surface area contributed by atoms with Gasteiger partial charge in [0.15, 0.2) is 5.54 Å². The highest BCUT2D eigenvalue weighted by Crippen LogP contribution is 2.35. The average molecular weight is 371 g/mol. The van der Waals surface area contributed by atoms with Crippen molar-refractivity contribution in [1.29, 1.82) is 0 Å². The number of rotatable bonds is 5. The third-order valence-corrected chi connectivity index (χ3v) is 4.40. The number of hydrogen-bond acceptors (Lipinski definition) is 4. The van der Waals surface area contributed by atoms with Crippen molar-refractivity contribution >= 4 is 34.9 Å². The smallest absolute Gasteiger partial charge is 0.336 e. The zero-order chi connectivity index (χ0) is 18.7. The molecule has 2 aromatic carbocycles. The Morgan fingerprint density at radius 1 is 1.15 bits per heavy atom. The van der Waals surface area contributed by atoms with Gasteiger partial charge in [-0.15, -0.1) is 0 Å². The van der Waals surface area contributed by atoms with E-state index in [9.17, 15) is 9.59 Å². The molecule has 0 radical (unpaired) electrons. The van der Waals surface area contributed by atoms with Crippen LogP contribution < -0.4 is 10.2 Å². The van der Waals surface area contributed by atoms with E-state index in [-0.39, 0.29) is 12.5 Å². The first kappa shape index (κ1) is 18.0. The minimum Gasteiger partial charge on any atom is -0.464 e. The van der Waals surface area contributed by atoms with Gasteiger partial charge in [0.05, 0.1) is 6.61 Å². The summed E-state index contributed by atoms with van der Waals surface area (Å²) in [5, 5.41) is 3.67. The van der Waals surface area contributed by atoms with Gasteiger partial charge in [-0.3, -0.25) is 9.69 Å². The van der Waals surface area contributed by atoms with Gasteiger partial charge < -0.3 is 10.1 Å². The van der Waals surface area contributed by atoms with Crippen LogP contribution in [0, 0.1) is 0 Å². The van der Waals surface area contributed by atoms with Gasteiger partial charge in [0.25, 0.3) is 5.91 Å². The van der Waals surface area contributed by atoms with E-state index in [1.165, 1.54) is 4.90 Å². The predicted molar refractivity (Wildman–Crippen MR) is 102 cm³/mol. The summed E-state index contributed by atoms with van der Waals surface area (Å²) in [4.78, 5) is 27.1. The van der Waals surface area contributed by atoms with Crippen LogP contribution in [0.25, 0.3) is 0 Å². The van der Waals surface area contributed by atoms with Crippen LogP contribution in [0.1, 0.15) is 13.8 Å². The Balaban J connectivity index is 1.99. The first-order valence-corrected chi connectivity index (χ1v) is 8.66. The Kier molecular flexibility index (Phi) is 5.00. The molecule has 1 aliphatic rings. The average Bonchev–Trinajstić information content (AvgIpc) is 2.89. The second-order valence-corrected chi connectivity index (χ2v) is 6.47. The number of nitrogens with zero attached hydrogens (tertiary/aromatic N) is 1. The number of carbonyl (C=O) groups is 2. The highest BCUT2D eigenvalue weighted by atomic mass is 35.5. The molecule has 0 fully saturated rings. The van der Waals surface area contributed by atoms with Gasteiger partial charge in [-0.2, -0.15) is 0 Å². The lowest BCUT2D eigenvalue weighted by atomic mass is 10.0. The number of anilines is 2. The Hall–Kier alpha value is -2.79. The van der Waals surface area contributed by atoms with E-state index in [1.807, 2.05) is 18.2 Å². The fourth-order valence-corrected chi connectivity index (χ4v) is 3.03. The van der Waals surface area contributed by atoms with E-state index in [0.29, 0.717) is 22.1 Å². The lowest BCUT2D eigenvalue weighted by molar-refractivity contribution is -0.147. The molecular weight excluding hydrogens is 352 g/mol. The monoisotopic (exact) mass is 370 g/mol. The highest BCUT2D eigenvalue weighted by molar-refractivity contribution is 6.30. The SMILES string of the molecule is CCOC(=O)[C@@]1(C)C=C(Nc2ccc(Cl)cc2)C(=O)N1c1ccccc1. The summed E-state index contributed by atoms with van der Waals surface area (Å²) in [5.41, 5.74) is 0.405. The Bertz CT molecular complexity index is 849. The summed E-state index contributed by atoms with van der Waals surface area (Å²) < 4.78 is 5.22. The largest absolute Gasteiger partial charge is 0.464 e. The number of hydrogen-bond donors (Lipinski definition) is 1. The van der Waals surface area contributed by atoms with E-state index in [2.05, 4.69) is 5.32 Å². The molecule has 2 aromatic rings. The second kappa shape index (κ2) is 7.22.